The van der Waals surface area contributed by atoms with Crippen LogP contribution in [0.5, 0.6) is 0 Å². The van der Waals surface area contributed by atoms with E-state index in [2.05, 4.69) is 0 Å². The van der Waals surface area contributed by atoms with Crippen LogP contribution in [0.15, 0.2) is 0 Å². The minimum atomic E-state index is -3.21. The van der Waals surface area contributed by atoms with Gasteiger partial charge in [-0.25, -0.2) is 12.7 Å². The Morgan fingerprint density at radius 1 is 1.25 bits per heavy atom. The summed E-state index contributed by atoms with van der Waals surface area (Å²) in [6, 6.07) is 0. The van der Waals surface area contributed by atoms with E-state index in [9.17, 15) is 18.3 Å². The molecule has 2 aliphatic rings. The Hall–Kier alpha value is -0.620. The van der Waals surface area contributed by atoms with Gasteiger partial charge in [0.1, 0.15) is 0 Å². The average Bonchev–Trinajstić information content (AvgIpc) is 2.94. The van der Waals surface area contributed by atoms with E-state index in [1.165, 1.54) is 0 Å². The van der Waals surface area contributed by atoms with Gasteiger partial charge in [0.15, 0.2) is 0 Å². The molecule has 0 aromatic carbocycles. The molecular weight excluding hydrogens is 278 g/mol. The summed E-state index contributed by atoms with van der Waals surface area (Å²) >= 11 is 0. The quantitative estimate of drug-likeness (QED) is 0.845. The van der Waals surface area contributed by atoms with Gasteiger partial charge in [0.05, 0.1) is 10.7 Å². The van der Waals surface area contributed by atoms with Gasteiger partial charge in [-0.2, -0.15) is 0 Å². The molecule has 0 atom stereocenters. The fraction of sp³-hybridized carbons (Fsp3) is 0.929. The van der Waals surface area contributed by atoms with Crippen molar-refractivity contribution >= 4 is 16.0 Å². The number of carbonyl (C=O) groups is 1. The minimum absolute atomic E-state index is 0.231. The van der Waals surface area contributed by atoms with Crippen molar-refractivity contribution in [3.05, 3.63) is 0 Å². The summed E-state index contributed by atoms with van der Waals surface area (Å²) in [6.07, 6.45) is 5.86. The maximum Gasteiger partial charge on any atom is 0.309 e. The number of aliphatic carboxylic acids is 1. The molecule has 6 heteroatoms. The van der Waals surface area contributed by atoms with Crippen molar-refractivity contribution in [3.63, 3.8) is 0 Å². The van der Waals surface area contributed by atoms with Crippen molar-refractivity contribution in [2.75, 3.05) is 13.1 Å². The van der Waals surface area contributed by atoms with E-state index in [4.69, 9.17) is 0 Å². The molecule has 0 aromatic heterocycles. The van der Waals surface area contributed by atoms with E-state index >= 15 is 0 Å². The molecule has 2 rings (SSSR count). The second-order valence-corrected chi connectivity index (χ2v) is 8.40. The zero-order chi connectivity index (χ0) is 14.8. The van der Waals surface area contributed by atoms with Crippen molar-refractivity contribution in [1.82, 2.24) is 4.31 Å². The zero-order valence-corrected chi connectivity index (χ0v) is 13.0. The summed E-state index contributed by atoms with van der Waals surface area (Å²) in [5.41, 5.74) is -0.712. The molecule has 1 aliphatic carbocycles. The second-order valence-electron chi connectivity index (χ2n) is 6.19. The monoisotopic (exact) mass is 303 g/mol. The summed E-state index contributed by atoms with van der Waals surface area (Å²) in [6.45, 7) is 2.71. The topological polar surface area (TPSA) is 74.7 Å². The molecular formula is C14H25NO4S. The molecule has 5 nitrogen and oxygen atoms in total. The lowest BCUT2D eigenvalue weighted by Gasteiger charge is -2.39. The SMILES string of the molecule is CCCC1(C(=O)O)CCN(S(=O)(=O)C2CCCC2)CC1. The molecule has 1 N–H and O–H groups in total. The average molecular weight is 303 g/mol. The Kier molecular flexibility index (Phi) is 4.74. The number of piperidine rings is 1. The van der Waals surface area contributed by atoms with Crippen LogP contribution in [0, 0.1) is 5.41 Å². The lowest BCUT2D eigenvalue weighted by atomic mass is 9.75. The first-order chi connectivity index (χ1) is 9.42. The van der Waals surface area contributed by atoms with Gasteiger partial charge < -0.3 is 5.11 Å². The Morgan fingerprint density at radius 2 is 1.80 bits per heavy atom. The maximum atomic E-state index is 12.5. The van der Waals surface area contributed by atoms with E-state index in [-0.39, 0.29) is 5.25 Å². The van der Waals surface area contributed by atoms with Crippen molar-refractivity contribution in [2.24, 2.45) is 5.41 Å². The Bertz CT molecular complexity index is 446. The van der Waals surface area contributed by atoms with Crippen LogP contribution in [0.4, 0.5) is 0 Å². The van der Waals surface area contributed by atoms with Gasteiger partial charge >= 0.3 is 5.97 Å². The van der Waals surface area contributed by atoms with E-state index < -0.39 is 21.4 Å². The normalized spacial score (nSPS) is 24.9. The Balaban J connectivity index is 2.04. The third kappa shape index (κ3) is 2.86. The Labute approximate surface area is 121 Å². The molecule has 0 aromatic rings. The molecule has 0 bridgehead atoms. The predicted molar refractivity (Wildman–Crippen MR) is 77.0 cm³/mol. The van der Waals surface area contributed by atoms with E-state index in [1.807, 2.05) is 6.92 Å². The Morgan fingerprint density at radius 3 is 2.25 bits per heavy atom. The third-order valence-corrected chi connectivity index (χ3v) is 7.34. The maximum absolute atomic E-state index is 12.5. The first-order valence-corrected chi connectivity index (χ1v) is 9.15. The van der Waals surface area contributed by atoms with Crippen molar-refractivity contribution in [1.29, 1.82) is 0 Å². The number of carboxylic acid groups (broad SMARTS) is 1. The van der Waals surface area contributed by atoms with Crippen LogP contribution in [0.25, 0.3) is 0 Å². The van der Waals surface area contributed by atoms with Crippen LogP contribution < -0.4 is 0 Å². The summed E-state index contributed by atoms with van der Waals surface area (Å²) in [7, 11) is -3.21. The van der Waals surface area contributed by atoms with Crippen LogP contribution in [-0.2, 0) is 14.8 Å². The van der Waals surface area contributed by atoms with Gasteiger partial charge in [0.2, 0.25) is 10.0 Å². The molecule has 0 unspecified atom stereocenters. The van der Waals surface area contributed by atoms with Gasteiger partial charge in [-0.1, -0.05) is 26.2 Å². The summed E-state index contributed by atoms with van der Waals surface area (Å²) in [4.78, 5) is 11.5. The molecule has 1 saturated heterocycles. The first kappa shape index (κ1) is 15.8. The highest BCUT2D eigenvalue weighted by Crippen LogP contribution is 2.38. The number of hydrogen-bond donors (Lipinski definition) is 1. The lowest BCUT2D eigenvalue weighted by molar-refractivity contribution is -0.152. The molecule has 1 saturated carbocycles. The highest BCUT2D eigenvalue weighted by Gasteiger charge is 2.44. The van der Waals surface area contributed by atoms with E-state index in [0.29, 0.717) is 32.4 Å². The van der Waals surface area contributed by atoms with Gasteiger partial charge in [0, 0.05) is 13.1 Å². The van der Waals surface area contributed by atoms with Gasteiger partial charge in [-0.15, -0.1) is 0 Å². The fourth-order valence-corrected chi connectivity index (χ4v) is 5.66. The van der Waals surface area contributed by atoms with Crippen molar-refractivity contribution < 1.29 is 18.3 Å². The predicted octanol–water partition coefficient (Wildman–Crippen LogP) is 2.23. The molecule has 0 amide bonds. The number of carboxylic acids is 1. The second kappa shape index (κ2) is 6.02. The van der Waals surface area contributed by atoms with Crippen molar-refractivity contribution in [2.45, 2.75) is 63.5 Å². The fourth-order valence-electron chi connectivity index (χ4n) is 3.62. The van der Waals surface area contributed by atoms with Gasteiger partial charge in [-0.3, -0.25) is 4.79 Å². The molecule has 1 heterocycles. The van der Waals surface area contributed by atoms with Crippen LogP contribution in [-0.4, -0.2) is 42.1 Å². The van der Waals surface area contributed by atoms with Gasteiger partial charge in [-0.05, 0) is 32.1 Å². The lowest BCUT2D eigenvalue weighted by Crippen LogP contribution is -2.48. The molecule has 0 spiro atoms. The van der Waals surface area contributed by atoms with Gasteiger partial charge in [0.25, 0.3) is 0 Å². The summed E-state index contributed by atoms with van der Waals surface area (Å²) < 4.78 is 26.6. The number of nitrogens with zero attached hydrogens (tertiary/aromatic N) is 1. The van der Waals surface area contributed by atoms with E-state index in [0.717, 1.165) is 32.1 Å². The van der Waals surface area contributed by atoms with E-state index in [1.54, 1.807) is 4.31 Å². The molecule has 0 radical (unpaired) electrons. The third-order valence-electron chi connectivity index (χ3n) is 4.95. The van der Waals surface area contributed by atoms with Crippen LogP contribution in [0.2, 0.25) is 0 Å². The molecule has 1 aliphatic heterocycles. The standard InChI is InChI=1S/C14H25NO4S/c1-2-7-14(13(16)17)8-10-15(11-9-14)20(18,19)12-5-3-4-6-12/h12H,2-11H2,1H3,(H,16,17). The van der Waals surface area contributed by atoms with Crippen LogP contribution in [0.1, 0.15) is 58.3 Å². The van der Waals surface area contributed by atoms with Crippen molar-refractivity contribution in [3.8, 4) is 0 Å². The van der Waals surface area contributed by atoms with Crippen LogP contribution in [0.3, 0.4) is 0 Å². The first-order valence-electron chi connectivity index (χ1n) is 7.65. The highest BCUT2D eigenvalue weighted by molar-refractivity contribution is 7.89. The highest BCUT2D eigenvalue weighted by atomic mass is 32.2. The molecule has 20 heavy (non-hydrogen) atoms. The molecule has 2 fully saturated rings. The van der Waals surface area contributed by atoms with Crippen LogP contribution >= 0.6 is 0 Å². The molecule has 116 valence electrons. The number of rotatable bonds is 5. The largest absolute Gasteiger partial charge is 0.481 e. The number of sulfonamides is 1. The smallest absolute Gasteiger partial charge is 0.309 e. The summed E-state index contributed by atoms with van der Waals surface area (Å²) in [5.74, 6) is -0.766. The zero-order valence-electron chi connectivity index (χ0n) is 12.2. The summed E-state index contributed by atoms with van der Waals surface area (Å²) in [5, 5.41) is 9.22. The minimum Gasteiger partial charge on any atom is -0.481 e. The number of hydrogen-bond acceptors (Lipinski definition) is 3.